The number of para-hydroxylation sites is 1. The van der Waals surface area contributed by atoms with Crippen LogP contribution in [0, 0.1) is 0 Å². The number of benzene rings is 2. The van der Waals surface area contributed by atoms with Crippen molar-refractivity contribution in [2.24, 2.45) is 0 Å². The number of hydrogen-bond donors (Lipinski definition) is 2. The molecule has 4 aromatic rings. The van der Waals surface area contributed by atoms with Gasteiger partial charge in [-0.3, -0.25) is 9.59 Å². The Hall–Kier alpha value is -3.51. The summed E-state index contributed by atoms with van der Waals surface area (Å²) in [5.41, 5.74) is 1.76. The molecule has 0 aliphatic rings. The van der Waals surface area contributed by atoms with E-state index in [9.17, 15) is 9.59 Å². The van der Waals surface area contributed by atoms with Gasteiger partial charge in [-0.2, -0.15) is 0 Å². The second-order valence-electron chi connectivity index (χ2n) is 6.57. The standard InChI is InChI=1S/C23H19N3O2S/c27-22(26-21-13-12-17-9-4-5-10-18(17)24-21)19(15-16-7-2-1-3-8-16)25-23(28)20-11-6-14-29-20/h1-14,19H,15H2,(H,25,28)(H,24,26,27)/t19-/m0/s1. The Labute approximate surface area is 172 Å². The van der Waals surface area contributed by atoms with Crippen LogP contribution in [0.1, 0.15) is 15.2 Å². The summed E-state index contributed by atoms with van der Waals surface area (Å²) in [5.74, 6) is -0.110. The van der Waals surface area contributed by atoms with Crippen molar-refractivity contribution in [2.75, 3.05) is 5.32 Å². The van der Waals surface area contributed by atoms with Crippen LogP contribution in [0.2, 0.25) is 0 Å². The first-order valence-corrected chi connectivity index (χ1v) is 10.1. The number of thiophene rings is 1. The van der Waals surface area contributed by atoms with Crippen LogP contribution in [-0.4, -0.2) is 22.8 Å². The van der Waals surface area contributed by atoms with E-state index in [4.69, 9.17) is 0 Å². The number of nitrogens with zero attached hydrogens (tertiary/aromatic N) is 1. The molecule has 0 aliphatic carbocycles. The number of carbonyl (C=O) groups excluding carboxylic acids is 2. The van der Waals surface area contributed by atoms with Crippen molar-refractivity contribution < 1.29 is 9.59 Å². The fourth-order valence-corrected chi connectivity index (χ4v) is 3.67. The van der Waals surface area contributed by atoms with Gasteiger partial charge in [-0.25, -0.2) is 4.98 Å². The van der Waals surface area contributed by atoms with Gasteiger partial charge in [-0.05, 0) is 35.2 Å². The highest BCUT2D eigenvalue weighted by atomic mass is 32.1. The van der Waals surface area contributed by atoms with E-state index in [2.05, 4.69) is 15.6 Å². The Morgan fingerprint density at radius 1 is 0.897 bits per heavy atom. The smallest absolute Gasteiger partial charge is 0.262 e. The first-order valence-electron chi connectivity index (χ1n) is 9.24. The zero-order valence-electron chi connectivity index (χ0n) is 15.5. The molecule has 29 heavy (non-hydrogen) atoms. The maximum atomic E-state index is 13.0. The Morgan fingerprint density at radius 3 is 2.48 bits per heavy atom. The summed E-state index contributed by atoms with van der Waals surface area (Å²) < 4.78 is 0. The van der Waals surface area contributed by atoms with Crippen LogP contribution in [0.3, 0.4) is 0 Å². The summed E-state index contributed by atoms with van der Waals surface area (Å²) in [4.78, 5) is 30.6. The molecule has 0 fully saturated rings. The molecule has 6 heteroatoms. The predicted molar refractivity (Wildman–Crippen MR) is 116 cm³/mol. The van der Waals surface area contributed by atoms with E-state index >= 15 is 0 Å². The highest BCUT2D eigenvalue weighted by molar-refractivity contribution is 7.12. The van der Waals surface area contributed by atoms with E-state index in [1.54, 1.807) is 12.1 Å². The van der Waals surface area contributed by atoms with Gasteiger partial charge in [0.25, 0.3) is 5.91 Å². The third-order valence-corrected chi connectivity index (χ3v) is 5.37. The van der Waals surface area contributed by atoms with Crippen molar-refractivity contribution in [3.63, 3.8) is 0 Å². The van der Waals surface area contributed by atoms with Gasteiger partial charge >= 0.3 is 0 Å². The molecule has 144 valence electrons. The Kier molecular flexibility index (Phi) is 5.63. The maximum absolute atomic E-state index is 13.0. The lowest BCUT2D eigenvalue weighted by Crippen LogP contribution is -2.45. The Morgan fingerprint density at radius 2 is 1.69 bits per heavy atom. The first kappa shape index (κ1) is 18.8. The highest BCUT2D eigenvalue weighted by Crippen LogP contribution is 2.16. The molecule has 2 aromatic heterocycles. The van der Waals surface area contributed by atoms with Gasteiger partial charge in [0, 0.05) is 11.8 Å². The van der Waals surface area contributed by atoms with Gasteiger partial charge in [0.05, 0.1) is 10.4 Å². The molecule has 1 atom stereocenters. The van der Waals surface area contributed by atoms with Crippen molar-refractivity contribution >= 4 is 39.9 Å². The molecule has 2 N–H and O–H groups in total. The summed E-state index contributed by atoms with van der Waals surface area (Å²) in [7, 11) is 0. The lowest BCUT2D eigenvalue weighted by atomic mass is 10.1. The van der Waals surface area contributed by atoms with Gasteiger partial charge in [0.1, 0.15) is 11.9 Å². The molecule has 2 heterocycles. The quantitative estimate of drug-likeness (QED) is 0.507. The molecule has 4 rings (SSSR count). The molecule has 0 unspecified atom stereocenters. The molecule has 5 nitrogen and oxygen atoms in total. The van der Waals surface area contributed by atoms with E-state index < -0.39 is 6.04 Å². The lowest BCUT2D eigenvalue weighted by molar-refractivity contribution is -0.118. The summed E-state index contributed by atoms with van der Waals surface area (Å²) in [5, 5.41) is 8.53. The van der Waals surface area contributed by atoms with E-state index in [0.29, 0.717) is 17.1 Å². The number of amides is 2. The van der Waals surface area contributed by atoms with Crippen LogP contribution in [-0.2, 0) is 11.2 Å². The number of fused-ring (bicyclic) bond motifs is 1. The van der Waals surface area contributed by atoms with Crippen molar-refractivity contribution in [1.82, 2.24) is 10.3 Å². The van der Waals surface area contributed by atoms with Crippen molar-refractivity contribution in [3.8, 4) is 0 Å². The molecule has 2 aromatic carbocycles. The normalized spacial score (nSPS) is 11.7. The summed E-state index contributed by atoms with van der Waals surface area (Å²) in [6.07, 6.45) is 0.386. The van der Waals surface area contributed by atoms with Crippen molar-refractivity contribution in [2.45, 2.75) is 12.5 Å². The number of anilines is 1. The molecule has 0 radical (unpaired) electrons. The second-order valence-corrected chi connectivity index (χ2v) is 7.52. The Bertz CT molecular complexity index is 1130. The van der Waals surface area contributed by atoms with Crippen molar-refractivity contribution in [1.29, 1.82) is 0 Å². The molecule has 0 spiro atoms. The first-order chi connectivity index (χ1) is 14.2. The molecule has 0 saturated heterocycles. The number of nitrogens with one attached hydrogen (secondary N) is 2. The highest BCUT2D eigenvalue weighted by Gasteiger charge is 2.23. The average molecular weight is 401 g/mol. The minimum absolute atomic E-state index is 0.262. The molecule has 0 bridgehead atoms. The third-order valence-electron chi connectivity index (χ3n) is 4.50. The minimum Gasteiger partial charge on any atom is -0.339 e. The third kappa shape index (κ3) is 4.67. The molecule has 2 amide bonds. The SMILES string of the molecule is O=C(N[C@@H](Cc1ccccc1)C(=O)Nc1ccc2ccccc2n1)c1cccs1. The van der Waals surface area contributed by atoms with Gasteiger partial charge in [-0.15, -0.1) is 11.3 Å². The summed E-state index contributed by atoms with van der Waals surface area (Å²) >= 11 is 1.34. The van der Waals surface area contributed by atoms with E-state index in [1.165, 1.54) is 11.3 Å². The monoisotopic (exact) mass is 401 g/mol. The second kappa shape index (κ2) is 8.67. The summed E-state index contributed by atoms with van der Waals surface area (Å²) in [6.45, 7) is 0. The fourth-order valence-electron chi connectivity index (χ4n) is 3.05. The molecular formula is C23H19N3O2S. The van der Waals surface area contributed by atoms with Crippen LogP contribution in [0.5, 0.6) is 0 Å². The zero-order chi connectivity index (χ0) is 20.1. The number of aromatic nitrogens is 1. The molecule has 0 saturated carbocycles. The number of rotatable bonds is 6. The lowest BCUT2D eigenvalue weighted by Gasteiger charge is -2.18. The van der Waals surface area contributed by atoms with Crippen LogP contribution in [0.15, 0.2) is 84.2 Å². The van der Waals surface area contributed by atoms with Gasteiger partial charge in [0.2, 0.25) is 5.91 Å². The van der Waals surface area contributed by atoms with Crippen molar-refractivity contribution in [3.05, 3.63) is 94.7 Å². The molecular weight excluding hydrogens is 382 g/mol. The number of pyridine rings is 1. The zero-order valence-corrected chi connectivity index (χ0v) is 16.4. The summed E-state index contributed by atoms with van der Waals surface area (Å²) in [6, 6.07) is 23.8. The fraction of sp³-hybridized carbons (Fsp3) is 0.0870. The van der Waals surface area contributed by atoms with E-state index in [-0.39, 0.29) is 11.8 Å². The topological polar surface area (TPSA) is 71.1 Å². The van der Waals surface area contributed by atoms with Crippen LogP contribution >= 0.6 is 11.3 Å². The van der Waals surface area contributed by atoms with Crippen LogP contribution in [0.4, 0.5) is 5.82 Å². The van der Waals surface area contributed by atoms with Crippen LogP contribution in [0.25, 0.3) is 10.9 Å². The van der Waals surface area contributed by atoms with E-state index in [0.717, 1.165) is 16.5 Å². The average Bonchev–Trinajstić information content (AvgIpc) is 3.29. The number of carbonyl (C=O) groups is 2. The van der Waals surface area contributed by atoms with Gasteiger partial charge in [0.15, 0.2) is 0 Å². The minimum atomic E-state index is -0.722. The van der Waals surface area contributed by atoms with Crippen LogP contribution < -0.4 is 10.6 Å². The van der Waals surface area contributed by atoms with E-state index in [1.807, 2.05) is 72.1 Å². The van der Waals surface area contributed by atoms with Gasteiger partial charge in [-0.1, -0.05) is 54.6 Å². The predicted octanol–water partition coefficient (Wildman–Crippen LogP) is 4.28. The maximum Gasteiger partial charge on any atom is 0.262 e. The number of hydrogen-bond acceptors (Lipinski definition) is 4. The largest absolute Gasteiger partial charge is 0.339 e. The Balaban J connectivity index is 1.54. The molecule has 0 aliphatic heterocycles. The van der Waals surface area contributed by atoms with Gasteiger partial charge < -0.3 is 10.6 Å².